The maximum atomic E-state index is 13.3. The molecular formula is C31H31ClN2O6. The van der Waals surface area contributed by atoms with Crippen molar-refractivity contribution >= 4 is 11.6 Å². The number of aliphatic hydroxyl groups is 1. The van der Waals surface area contributed by atoms with Gasteiger partial charge in [-0.15, -0.1) is 0 Å². The molecule has 208 valence electrons. The Morgan fingerprint density at radius 3 is 2.58 bits per heavy atom. The average Bonchev–Trinajstić information content (AvgIpc) is 2.96. The third-order valence-electron chi connectivity index (χ3n) is 6.46. The molecule has 5 rings (SSSR count). The summed E-state index contributed by atoms with van der Waals surface area (Å²) in [4.78, 5) is 13.3. The molecule has 0 saturated heterocycles. The number of nitrogens with zero attached hydrogens (tertiary/aromatic N) is 1. The van der Waals surface area contributed by atoms with Crippen LogP contribution in [0.15, 0.2) is 77.7 Å². The van der Waals surface area contributed by atoms with Gasteiger partial charge in [0.2, 0.25) is 0 Å². The fourth-order valence-corrected chi connectivity index (χ4v) is 4.65. The van der Waals surface area contributed by atoms with Crippen molar-refractivity contribution in [3.63, 3.8) is 0 Å². The first-order valence-electron chi connectivity index (χ1n) is 13.1. The highest BCUT2D eigenvalue weighted by atomic mass is 35.5. The maximum Gasteiger partial charge on any atom is 0.261 e. The molecule has 2 N–H and O–H groups in total. The van der Waals surface area contributed by atoms with E-state index in [1.165, 1.54) is 0 Å². The van der Waals surface area contributed by atoms with E-state index in [9.17, 15) is 9.90 Å². The summed E-state index contributed by atoms with van der Waals surface area (Å²) in [5.41, 5.74) is 3.78. The van der Waals surface area contributed by atoms with Crippen LogP contribution >= 0.6 is 11.6 Å². The summed E-state index contributed by atoms with van der Waals surface area (Å²) in [6.45, 7) is 4.37. The predicted molar refractivity (Wildman–Crippen MR) is 153 cm³/mol. The molecule has 40 heavy (non-hydrogen) atoms. The maximum absolute atomic E-state index is 13.3. The van der Waals surface area contributed by atoms with Gasteiger partial charge in [-0.3, -0.25) is 9.36 Å². The van der Waals surface area contributed by atoms with Crippen molar-refractivity contribution in [3.05, 3.63) is 111 Å². The van der Waals surface area contributed by atoms with Gasteiger partial charge in [0, 0.05) is 42.0 Å². The van der Waals surface area contributed by atoms with E-state index in [1.807, 2.05) is 61.5 Å². The Labute approximate surface area is 237 Å². The van der Waals surface area contributed by atoms with Crippen molar-refractivity contribution in [1.29, 1.82) is 0 Å². The van der Waals surface area contributed by atoms with Gasteiger partial charge in [0.05, 0.1) is 17.9 Å². The van der Waals surface area contributed by atoms with Gasteiger partial charge in [-0.1, -0.05) is 23.7 Å². The quantitative estimate of drug-likeness (QED) is 0.253. The molecule has 2 heterocycles. The van der Waals surface area contributed by atoms with E-state index in [-0.39, 0.29) is 18.8 Å². The van der Waals surface area contributed by atoms with Crippen LogP contribution in [0, 0.1) is 6.92 Å². The number of hydrogen-bond donors (Lipinski definition) is 2. The summed E-state index contributed by atoms with van der Waals surface area (Å²) in [6, 6.07) is 20.4. The lowest BCUT2D eigenvalue weighted by Gasteiger charge is -2.19. The summed E-state index contributed by atoms with van der Waals surface area (Å²) >= 11 is 6.13. The first-order valence-corrected chi connectivity index (χ1v) is 13.5. The van der Waals surface area contributed by atoms with Crippen LogP contribution in [0.1, 0.15) is 22.3 Å². The van der Waals surface area contributed by atoms with E-state index < -0.39 is 0 Å². The van der Waals surface area contributed by atoms with Gasteiger partial charge in [0.15, 0.2) is 11.5 Å². The molecule has 1 aliphatic rings. The zero-order chi connectivity index (χ0) is 27.9. The lowest BCUT2D eigenvalue weighted by atomic mass is 10.1. The number of nitrogens with one attached hydrogen (secondary N) is 1. The van der Waals surface area contributed by atoms with Crippen LogP contribution in [0.2, 0.25) is 5.02 Å². The summed E-state index contributed by atoms with van der Waals surface area (Å²) < 4.78 is 25.2. The number of benzene rings is 3. The van der Waals surface area contributed by atoms with Crippen LogP contribution in [0.3, 0.4) is 0 Å². The van der Waals surface area contributed by atoms with Crippen LogP contribution in [0.25, 0.3) is 5.69 Å². The zero-order valence-corrected chi connectivity index (χ0v) is 22.9. The monoisotopic (exact) mass is 562 g/mol. The molecule has 0 radical (unpaired) electrons. The van der Waals surface area contributed by atoms with Gasteiger partial charge in [-0.2, -0.15) is 0 Å². The molecule has 3 aromatic carbocycles. The predicted octanol–water partition coefficient (Wildman–Crippen LogP) is 4.81. The molecule has 4 aromatic rings. The van der Waals surface area contributed by atoms with E-state index >= 15 is 0 Å². The Morgan fingerprint density at radius 2 is 1.75 bits per heavy atom. The third kappa shape index (κ3) is 6.59. The summed E-state index contributed by atoms with van der Waals surface area (Å²) in [5, 5.41) is 13.0. The Morgan fingerprint density at radius 1 is 0.925 bits per heavy atom. The van der Waals surface area contributed by atoms with E-state index in [4.69, 9.17) is 30.5 Å². The summed E-state index contributed by atoms with van der Waals surface area (Å²) in [5.74, 6) is 2.54. The normalized spacial score (nSPS) is 12.3. The van der Waals surface area contributed by atoms with Crippen LogP contribution in [0.4, 0.5) is 0 Å². The Kier molecular flexibility index (Phi) is 8.91. The topological polar surface area (TPSA) is 91.2 Å². The minimum absolute atomic E-state index is 0.0414. The standard InChI is InChI=1S/C31H31ClN2O6/c1-21-14-24(18-33-9-11-35)29(39-19-22-4-2-6-25(32)15-22)17-28(21)40-20-23-5-3-10-34(31(23)36)26-7-8-27-30(16-26)38-13-12-37-27/h2-8,10,14-17,33,35H,9,11-13,18-20H2,1H3. The first kappa shape index (κ1) is 27.6. The lowest BCUT2D eigenvalue weighted by Crippen LogP contribution is -2.23. The van der Waals surface area contributed by atoms with Crippen molar-refractivity contribution in [2.75, 3.05) is 26.4 Å². The van der Waals surface area contributed by atoms with E-state index in [2.05, 4.69) is 5.32 Å². The molecule has 1 aromatic heterocycles. The Bertz CT molecular complexity index is 1540. The number of fused-ring (bicyclic) bond motifs is 1. The van der Waals surface area contributed by atoms with Crippen molar-refractivity contribution in [2.45, 2.75) is 26.7 Å². The molecule has 1 aliphatic heterocycles. The number of aryl methyl sites for hydroxylation is 1. The largest absolute Gasteiger partial charge is 0.488 e. The van der Waals surface area contributed by atoms with E-state index in [0.29, 0.717) is 72.2 Å². The third-order valence-corrected chi connectivity index (χ3v) is 6.69. The number of ether oxygens (including phenoxy) is 4. The minimum Gasteiger partial charge on any atom is -0.488 e. The fraction of sp³-hybridized carbons (Fsp3) is 0.258. The molecule has 0 bridgehead atoms. The second kappa shape index (κ2) is 12.9. The molecule has 0 saturated carbocycles. The number of aliphatic hydroxyl groups excluding tert-OH is 1. The molecule has 0 amide bonds. The Hall–Kier alpha value is -3.98. The van der Waals surface area contributed by atoms with E-state index in [0.717, 1.165) is 16.7 Å². The van der Waals surface area contributed by atoms with Gasteiger partial charge < -0.3 is 29.4 Å². The van der Waals surface area contributed by atoms with Gasteiger partial charge in [0.25, 0.3) is 5.56 Å². The second-order valence-electron chi connectivity index (χ2n) is 9.37. The highest BCUT2D eigenvalue weighted by molar-refractivity contribution is 6.30. The minimum atomic E-state index is -0.181. The summed E-state index contributed by atoms with van der Waals surface area (Å²) in [6.07, 6.45) is 1.72. The van der Waals surface area contributed by atoms with Crippen LogP contribution in [-0.2, 0) is 19.8 Å². The Balaban J connectivity index is 1.36. The van der Waals surface area contributed by atoms with Gasteiger partial charge in [0.1, 0.15) is 37.9 Å². The first-order chi connectivity index (χ1) is 19.5. The number of halogens is 1. The SMILES string of the molecule is Cc1cc(CNCCO)c(OCc2cccc(Cl)c2)cc1OCc1cccn(-c2ccc3c(c2)OCCO3)c1=O. The molecule has 0 spiro atoms. The number of hydrogen-bond acceptors (Lipinski definition) is 7. The molecule has 8 nitrogen and oxygen atoms in total. The number of pyridine rings is 1. The molecule has 9 heteroatoms. The van der Waals surface area contributed by atoms with Crippen LogP contribution in [0.5, 0.6) is 23.0 Å². The van der Waals surface area contributed by atoms with Crippen LogP contribution < -0.4 is 29.8 Å². The van der Waals surface area contributed by atoms with E-state index in [1.54, 1.807) is 22.9 Å². The molecule has 0 atom stereocenters. The fourth-order valence-electron chi connectivity index (χ4n) is 4.44. The molecule has 0 aliphatic carbocycles. The van der Waals surface area contributed by atoms with Crippen molar-refractivity contribution < 1.29 is 24.1 Å². The number of aromatic nitrogens is 1. The van der Waals surface area contributed by atoms with Crippen molar-refractivity contribution in [2.24, 2.45) is 0 Å². The average molecular weight is 563 g/mol. The zero-order valence-electron chi connectivity index (χ0n) is 22.2. The molecule has 0 unspecified atom stereocenters. The van der Waals surface area contributed by atoms with Crippen LogP contribution in [-0.4, -0.2) is 36.0 Å². The van der Waals surface area contributed by atoms with Gasteiger partial charge in [-0.25, -0.2) is 0 Å². The van der Waals surface area contributed by atoms with Gasteiger partial charge >= 0.3 is 0 Å². The highest BCUT2D eigenvalue weighted by Crippen LogP contribution is 2.32. The number of rotatable bonds is 11. The smallest absolute Gasteiger partial charge is 0.261 e. The summed E-state index contributed by atoms with van der Waals surface area (Å²) in [7, 11) is 0. The second-order valence-corrected chi connectivity index (χ2v) is 9.81. The van der Waals surface area contributed by atoms with Crippen molar-refractivity contribution in [1.82, 2.24) is 9.88 Å². The molecular weight excluding hydrogens is 532 g/mol. The van der Waals surface area contributed by atoms with Gasteiger partial charge in [-0.05, 0) is 60.5 Å². The molecule has 0 fully saturated rings. The van der Waals surface area contributed by atoms with Crippen molar-refractivity contribution in [3.8, 4) is 28.7 Å². The lowest BCUT2D eigenvalue weighted by molar-refractivity contribution is 0.171. The highest BCUT2D eigenvalue weighted by Gasteiger charge is 2.15.